The minimum atomic E-state index is 0.604. The third kappa shape index (κ3) is 3.17. The van der Waals surface area contributed by atoms with Gasteiger partial charge in [-0.1, -0.05) is 15.9 Å². The van der Waals surface area contributed by atoms with Crippen LogP contribution < -0.4 is 15.2 Å². The average Bonchev–Trinajstić information content (AvgIpc) is 2.37. The molecule has 2 rings (SSSR count). The highest BCUT2D eigenvalue weighted by molar-refractivity contribution is 9.10. The van der Waals surface area contributed by atoms with Gasteiger partial charge < -0.3 is 15.2 Å². The molecule has 94 valence electrons. The predicted octanol–water partition coefficient (Wildman–Crippen LogP) is 4.22. The molecule has 0 atom stereocenters. The van der Waals surface area contributed by atoms with Crippen molar-refractivity contribution in [1.82, 2.24) is 0 Å². The molecule has 0 saturated carbocycles. The zero-order valence-electron chi connectivity index (χ0n) is 10.0. The van der Waals surface area contributed by atoms with Crippen LogP contribution in [0.2, 0.25) is 0 Å². The topological polar surface area (TPSA) is 44.5 Å². The van der Waals surface area contributed by atoms with Gasteiger partial charge in [0.25, 0.3) is 0 Å². The average molecular weight is 308 g/mol. The van der Waals surface area contributed by atoms with Crippen LogP contribution in [-0.4, -0.2) is 6.61 Å². The van der Waals surface area contributed by atoms with Crippen LogP contribution in [0.4, 0.5) is 5.69 Å². The molecule has 4 heteroatoms. The molecular weight excluding hydrogens is 294 g/mol. The molecule has 0 radical (unpaired) electrons. The van der Waals surface area contributed by atoms with Gasteiger partial charge in [0.05, 0.1) is 12.3 Å². The van der Waals surface area contributed by atoms with Gasteiger partial charge in [-0.15, -0.1) is 0 Å². The number of nitrogen functional groups attached to an aromatic ring is 1. The molecule has 0 unspecified atom stereocenters. The SMILES string of the molecule is CCOc1ccc(Oc2cc(Br)ccc2N)cc1. The number of nitrogens with two attached hydrogens (primary N) is 1. The van der Waals surface area contributed by atoms with Gasteiger partial charge in [-0.05, 0) is 49.4 Å². The summed E-state index contributed by atoms with van der Waals surface area (Å²) in [4.78, 5) is 0. The third-order valence-corrected chi connectivity index (χ3v) is 2.83. The molecule has 0 aliphatic rings. The van der Waals surface area contributed by atoms with Crippen LogP contribution in [0, 0.1) is 0 Å². The van der Waals surface area contributed by atoms with Crippen molar-refractivity contribution in [2.75, 3.05) is 12.3 Å². The quantitative estimate of drug-likeness (QED) is 0.860. The lowest BCUT2D eigenvalue weighted by Gasteiger charge is -2.09. The Bertz CT molecular complexity index is 526. The molecule has 0 aliphatic carbocycles. The van der Waals surface area contributed by atoms with Crippen molar-refractivity contribution in [3.05, 3.63) is 46.9 Å². The fourth-order valence-corrected chi connectivity index (χ4v) is 1.83. The fraction of sp³-hybridized carbons (Fsp3) is 0.143. The van der Waals surface area contributed by atoms with Gasteiger partial charge in [-0.3, -0.25) is 0 Å². The number of hydrogen-bond donors (Lipinski definition) is 1. The number of rotatable bonds is 4. The molecule has 0 bridgehead atoms. The Morgan fingerprint density at radius 3 is 2.39 bits per heavy atom. The van der Waals surface area contributed by atoms with Gasteiger partial charge in [-0.2, -0.15) is 0 Å². The number of anilines is 1. The Kier molecular flexibility index (Phi) is 4.10. The molecule has 2 aromatic rings. The van der Waals surface area contributed by atoms with Crippen LogP contribution in [0.25, 0.3) is 0 Å². The highest BCUT2D eigenvalue weighted by Crippen LogP contribution is 2.31. The fourth-order valence-electron chi connectivity index (χ4n) is 1.49. The van der Waals surface area contributed by atoms with Gasteiger partial charge in [0, 0.05) is 4.47 Å². The van der Waals surface area contributed by atoms with Crippen LogP contribution in [-0.2, 0) is 0 Å². The monoisotopic (exact) mass is 307 g/mol. The first kappa shape index (κ1) is 12.8. The molecule has 2 N–H and O–H groups in total. The lowest BCUT2D eigenvalue weighted by atomic mass is 10.3. The summed E-state index contributed by atoms with van der Waals surface area (Å²) in [6.45, 7) is 2.60. The van der Waals surface area contributed by atoms with Crippen molar-refractivity contribution in [2.24, 2.45) is 0 Å². The van der Waals surface area contributed by atoms with Crippen molar-refractivity contribution >= 4 is 21.6 Å². The molecule has 18 heavy (non-hydrogen) atoms. The van der Waals surface area contributed by atoms with E-state index < -0.39 is 0 Å². The van der Waals surface area contributed by atoms with Crippen LogP contribution in [0.15, 0.2) is 46.9 Å². The smallest absolute Gasteiger partial charge is 0.151 e. The first-order valence-corrected chi connectivity index (χ1v) is 6.44. The first-order chi connectivity index (χ1) is 8.69. The maximum Gasteiger partial charge on any atom is 0.151 e. The third-order valence-electron chi connectivity index (χ3n) is 2.34. The second-order valence-electron chi connectivity index (χ2n) is 3.69. The summed E-state index contributed by atoms with van der Waals surface area (Å²) < 4.78 is 12.0. The normalized spacial score (nSPS) is 10.1. The zero-order chi connectivity index (χ0) is 13.0. The zero-order valence-corrected chi connectivity index (χ0v) is 11.6. The summed E-state index contributed by atoms with van der Waals surface area (Å²) in [7, 11) is 0. The Labute approximate surface area is 115 Å². The van der Waals surface area contributed by atoms with E-state index in [1.807, 2.05) is 43.3 Å². The number of hydrogen-bond acceptors (Lipinski definition) is 3. The van der Waals surface area contributed by atoms with Crippen molar-refractivity contribution in [3.63, 3.8) is 0 Å². The minimum absolute atomic E-state index is 0.604. The second kappa shape index (κ2) is 5.78. The molecule has 0 spiro atoms. The highest BCUT2D eigenvalue weighted by atomic mass is 79.9. The Hall–Kier alpha value is -1.68. The van der Waals surface area contributed by atoms with Crippen molar-refractivity contribution in [1.29, 1.82) is 0 Å². The van der Waals surface area contributed by atoms with E-state index in [1.165, 1.54) is 0 Å². The summed E-state index contributed by atoms with van der Waals surface area (Å²) in [5, 5.41) is 0. The maximum atomic E-state index is 5.84. The molecule has 0 saturated heterocycles. The van der Waals surface area contributed by atoms with E-state index in [9.17, 15) is 0 Å². The molecule has 0 heterocycles. The molecule has 0 amide bonds. The van der Waals surface area contributed by atoms with Crippen LogP contribution >= 0.6 is 15.9 Å². The van der Waals surface area contributed by atoms with Crippen LogP contribution in [0.5, 0.6) is 17.2 Å². The maximum absolute atomic E-state index is 5.84. The van der Waals surface area contributed by atoms with Gasteiger partial charge in [0.1, 0.15) is 11.5 Å². The highest BCUT2D eigenvalue weighted by Gasteiger charge is 2.03. The lowest BCUT2D eigenvalue weighted by Crippen LogP contribution is -1.93. The number of halogens is 1. The molecule has 0 aliphatic heterocycles. The number of benzene rings is 2. The second-order valence-corrected chi connectivity index (χ2v) is 4.60. The summed E-state index contributed by atoms with van der Waals surface area (Å²) in [5.41, 5.74) is 6.45. The largest absolute Gasteiger partial charge is 0.494 e. The predicted molar refractivity (Wildman–Crippen MR) is 76.2 cm³/mol. The van der Waals surface area contributed by atoms with Gasteiger partial charge in [-0.25, -0.2) is 0 Å². The standard InChI is InChI=1S/C14H14BrNO2/c1-2-17-11-4-6-12(7-5-11)18-14-9-10(15)3-8-13(14)16/h3-9H,2,16H2,1H3. The molecule has 3 nitrogen and oxygen atoms in total. The van der Waals surface area contributed by atoms with E-state index in [-0.39, 0.29) is 0 Å². The van der Waals surface area contributed by atoms with E-state index in [0.717, 1.165) is 16.0 Å². The van der Waals surface area contributed by atoms with Crippen LogP contribution in [0.1, 0.15) is 6.92 Å². The Morgan fingerprint density at radius 1 is 1.06 bits per heavy atom. The summed E-state index contributed by atoms with van der Waals surface area (Å²) in [6, 6.07) is 13.0. The minimum Gasteiger partial charge on any atom is -0.494 e. The molecule has 2 aromatic carbocycles. The van der Waals surface area contributed by atoms with Gasteiger partial charge >= 0.3 is 0 Å². The summed E-state index contributed by atoms with van der Waals surface area (Å²) in [6.07, 6.45) is 0. The Balaban J connectivity index is 2.15. The van der Waals surface area contributed by atoms with E-state index in [0.29, 0.717) is 18.0 Å². The summed E-state index contributed by atoms with van der Waals surface area (Å²) in [5.74, 6) is 2.18. The van der Waals surface area contributed by atoms with Gasteiger partial charge in [0.15, 0.2) is 5.75 Å². The molecule has 0 fully saturated rings. The van der Waals surface area contributed by atoms with Crippen molar-refractivity contribution in [3.8, 4) is 17.2 Å². The van der Waals surface area contributed by atoms with Crippen LogP contribution in [0.3, 0.4) is 0 Å². The van der Waals surface area contributed by atoms with E-state index >= 15 is 0 Å². The van der Waals surface area contributed by atoms with Crippen molar-refractivity contribution in [2.45, 2.75) is 6.92 Å². The Morgan fingerprint density at radius 2 is 1.72 bits per heavy atom. The van der Waals surface area contributed by atoms with Crippen molar-refractivity contribution < 1.29 is 9.47 Å². The molecule has 0 aromatic heterocycles. The van der Waals surface area contributed by atoms with E-state index in [2.05, 4.69) is 15.9 Å². The summed E-state index contributed by atoms with van der Waals surface area (Å²) >= 11 is 3.39. The van der Waals surface area contributed by atoms with Gasteiger partial charge in [0.2, 0.25) is 0 Å². The lowest BCUT2D eigenvalue weighted by molar-refractivity contribution is 0.339. The first-order valence-electron chi connectivity index (χ1n) is 5.65. The van der Waals surface area contributed by atoms with E-state index in [4.69, 9.17) is 15.2 Å². The van der Waals surface area contributed by atoms with E-state index in [1.54, 1.807) is 6.07 Å². The number of ether oxygens (including phenoxy) is 2. The molecular formula is C14H14BrNO2.